The van der Waals surface area contributed by atoms with Gasteiger partial charge in [-0.3, -0.25) is 4.98 Å². The zero-order chi connectivity index (χ0) is 18.1. The Labute approximate surface area is 149 Å². The van der Waals surface area contributed by atoms with Crippen LogP contribution < -0.4 is 0 Å². The Morgan fingerprint density at radius 1 is 1.04 bits per heavy atom. The van der Waals surface area contributed by atoms with Gasteiger partial charge in [0.25, 0.3) is 0 Å². The van der Waals surface area contributed by atoms with Gasteiger partial charge in [-0.25, -0.2) is 0 Å². The van der Waals surface area contributed by atoms with Crippen LogP contribution in [0.1, 0.15) is 41.3 Å². The van der Waals surface area contributed by atoms with Crippen LogP contribution in [0.15, 0.2) is 41.6 Å². The standard InChI is InChI=1S/C22H24N2O/c1-6-20(24-25)19-12-16(5)23-22-17(19)8-7-9-18(22)21-14(3)10-13(2)11-15(21)4/h7-12,25H,6H2,1-5H3/b24-20-. The smallest absolute Gasteiger partial charge is 0.0872 e. The molecule has 0 fully saturated rings. The first kappa shape index (κ1) is 17.2. The maximum atomic E-state index is 9.40. The Morgan fingerprint density at radius 2 is 1.72 bits per heavy atom. The summed E-state index contributed by atoms with van der Waals surface area (Å²) in [5.41, 5.74) is 9.66. The highest BCUT2D eigenvalue weighted by Gasteiger charge is 2.15. The summed E-state index contributed by atoms with van der Waals surface area (Å²) in [4.78, 5) is 4.83. The van der Waals surface area contributed by atoms with Crippen LogP contribution in [-0.2, 0) is 0 Å². The molecule has 0 radical (unpaired) electrons. The molecule has 0 aliphatic rings. The molecule has 3 rings (SSSR count). The second kappa shape index (κ2) is 6.67. The Kier molecular flexibility index (Phi) is 4.58. The van der Waals surface area contributed by atoms with Gasteiger partial charge in [0.15, 0.2) is 0 Å². The monoisotopic (exact) mass is 332 g/mol. The number of hydrogen-bond acceptors (Lipinski definition) is 3. The van der Waals surface area contributed by atoms with Crippen molar-refractivity contribution < 1.29 is 5.21 Å². The molecule has 0 unspecified atom stereocenters. The van der Waals surface area contributed by atoms with Crippen LogP contribution in [0.4, 0.5) is 0 Å². The molecule has 1 aromatic heterocycles. The van der Waals surface area contributed by atoms with Crippen molar-refractivity contribution in [2.75, 3.05) is 0 Å². The highest BCUT2D eigenvalue weighted by molar-refractivity contribution is 6.12. The molecule has 0 bridgehead atoms. The van der Waals surface area contributed by atoms with Crippen molar-refractivity contribution in [1.82, 2.24) is 4.98 Å². The van der Waals surface area contributed by atoms with Crippen molar-refractivity contribution in [1.29, 1.82) is 0 Å². The number of oxime groups is 1. The third-order valence-electron chi connectivity index (χ3n) is 4.68. The minimum atomic E-state index is 0.669. The fourth-order valence-electron chi connectivity index (χ4n) is 3.74. The van der Waals surface area contributed by atoms with E-state index in [2.05, 4.69) is 56.3 Å². The number of pyridine rings is 1. The zero-order valence-corrected chi connectivity index (χ0v) is 15.5. The Bertz CT molecular complexity index is 964. The van der Waals surface area contributed by atoms with Crippen molar-refractivity contribution >= 4 is 16.6 Å². The normalized spacial score (nSPS) is 12.0. The van der Waals surface area contributed by atoms with Gasteiger partial charge in [0, 0.05) is 22.2 Å². The molecule has 25 heavy (non-hydrogen) atoms. The van der Waals surface area contributed by atoms with Crippen LogP contribution in [0.3, 0.4) is 0 Å². The largest absolute Gasteiger partial charge is 0.411 e. The van der Waals surface area contributed by atoms with Crippen molar-refractivity contribution in [2.45, 2.75) is 41.0 Å². The number of nitrogens with zero attached hydrogens (tertiary/aromatic N) is 2. The number of benzene rings is 2. The molecule has 3 nitrogen and oxygen atoms in total. The minimum Gasteiger partial charge on any atom is -0.411 e. The zero-order valence-electron chi connectivity index (χ0n) is 15.5. The summed E-state index contributed by atoms with van der Waals surface area (Å²) in [6.07, 6.45) is 0.669. The van der Waals surface area contributed by atoms with E-state index in [0.717, 1.165) is 27.7 Å². The number of para-hydroxylation sites is 1. The Hall–Kier alpha value is -2.68. The summed E-state index contributed by atoms with van der Waals surface area (Å²) in [7, 11) is 0. The first-order chi connectivity index (χ1) is 12.0. The van der Waals surface area contributed by atoms with Gasteiger partial charge >= 0.3 is 0 Å². The van der Waals surface area contributed by atoms with E-state index in [1.807, 2.05) is 19.9 Å². The van der Waals surface area contributed by atoms with Crippen LogP contribution in [0.2, 0.25) is 0 Å². The summed E-state index contributed by atoms with van der Waals surface area (Å²) in [6.45, 7) is 10.4. The predicted molar refractivity (Wildman–Crippen MR) is 105 cm³/mol. The SMILES string of the molecule is CC/C(=N/O)c1cc(C)nc2c(-c3c(C)cc(C)cc3C)cccc12. The number of aryl methyl sites for hydroxylation is 4. The van der Waals surface area contributed by atoms with Crippen molar-refractivity contribution in [3.05, 3.63) is 64.3 Å². The second-order valence-corrected chi connectivity index (χ2v) is 6.69. The van der Waals surface area contributed by atoms with Crippen LogP contribution in [0.5, 0.6) is 0 Å². The van der Waals surface area contributed by atoms with Gasteiger partial charge in [-0.05, 0) is 56.9 Å². The minimum absolute atomic E-state index is 0.669. The van der Waals surface area contributed by atoms with Crippen LogP contribution in [0.25, 0.3) is 22.0 Å². The highest BCUT2D eigenvalue weighted by Crippen LogP contribution is 2.34. The Balaban J connectivity index is 2.40. The summed E-state index contributed by atoms with van der Waals surface area (Å²) in [5.74, 6) is 0. The first-order valence-electron chi connectivity index (χ1n) is 8.66. The highest BCUT2D eigenvalue weighted by atomic mass is 16.4. The van der Waals surface area contributed by atoms with Crippen LogP contribution in [-0.4, -0.2) is 15.9 Å². The molecule has 0 amide bonds. The van der Waals surface area contributed by atoms with E-state index in [1.54, 1.807) is 0 Å². The number of aromatic nitrogens is 1. The summed E-state index contributed by atoms with van der Waals surface area (Å²) >= 11 is 0. The average molecular weight is 332 g/mol. The van der Waals surface area contributed by atoms with E-state index in [4.69, 9.17) is 4.98 Å². The molecule has 0 saturated carbocycles. The maximum absolute atomic E-state index is 9.40. The molecule has 128 valence electrons. The van der Waals surface area contributed by atoms with E-state index in [0.29, 0.717) is 12.1 Å². The maximum Gasteiger partial charge on any atom is 0.0872 e. The molecule has 0 atom stereocenters. The molecule has 1 N–H and O–H groups in total. The molecule has 0 saturated heterocycles. The topological polar surface area (TPSA) is 45.5 Å². The number of hydrogen-bond donors (Lipinski definition) is 1. The van der Waals surface area contributed by atoms with E-state index in [-0.39, 0.29) is 0 Å². The first-order valence-corrected chi connectivity index (χ1v) is 8.66. The fraction of sp³-hybridized carbons (Fsp3) is 0.273. The summed E-state index contributed by atoms with van der Waals surface area (Å²) < 4.78 is 0. The molecular weight excluding hydrogens is 308 g/mol. The fourth-order valence-corrected chi connectivity index (χ4v) is 3.74. The summed E-state index contributed by atoms with van der Waals surface area (Å²) in [6, 6.07) is 12.7. The lowest BCUT2D eigenvalue weighted by Gasteiger charge is -2.16. The van der Waals surface area contributed by atoms with E-state index in [9.17, 15) is 5.21 Å². The molecular formula is C22H24N2O. The lowest BCUT2D eigenvalue weighted by atomic mass is 9.90. The summed E-state index contributed by atoms with van der Waals surface area (Å²) in [5, 5.41) is 13.9. The molecule has 3 aromatic rings. The Morgan fingerprint density at radius 3 is 2.32 bits per heavy atom. The molecule has 0 aliphatic heterocycles. The molecule has 3 heteroatoms. The van der Waals surface area contributed by atoms with E-state index >= 15 is 0 Å². The van der Waals surface area contributed by atoms with Gasteiger partial charge in [-0.1, -0.05) is 48.0 Å². The number of rotatable bonds is 3. The van der Waals surface area contributed by atoms with Crippen molar-refractivity contribution in [3.63, 3.8) is 0 Å². The molecule has 1 heterocycles. The lowest BCUT2D eigenvalue weighted by molar-refractivity contribution is 0.318. The quantitative estimate of drug-likeness (QED) is 0.378. The third kappa shape index (κ3) is 3.02. The van der Waals surface area contributed by atoms with Crippen molar-refractivity contribution in [3.8, 4) is 11.1 Å². The van der Waals surface area contributed by atoms with Crippen LogP contribution >= 0.6 is 0 Å². The molecule has 2 aromatic carbocycles. The number of fused-ring (bicyclic) bond motifs is 1. The van der Waals surface area contributed by atoms with Gasteiger partial charge in [0.2, 0.25) is 0 Å². The molecule has 0 spiro atoms. The van der Waals surface area contributed by atoms with Gasteiger partial charge in [0.1, 0.15) is 0 Å². The van der Waals surface area contributed by atoms with Crippen molar-refractivity contribution in [2.24, 2.45) is 5.16 Å². The van der Waals surface area contributed by atoms with Crippen LogP contribution in [0, 0.1) is 27.7 Å². The van der Waals surface area contributed by atoms with E-state index < -0.39 is 0 Å². The lowest BCUT2D eigenvalue weighted by Crippen LogP contribution is -2.03. The molecule has 0 aliphatic carbocycles. The third-order valence-corrected chi connectivity index (χ3v) is 4.68. The van der Waals surface area contributed by atoms with E-state index in [1.165, 1.54) is 22.3 Å². The van der Waals surface area contributed by atoms with Gasteiger partial charge in [-0.15, -0.1) is 0 Å². The van der Waals surface area contributed by atoms with Gasteiger partial charge < -0.3 is 5.21 Å². The average Bonchev–Trinajstić information content (AvgIpc) is 2.55. The second-order valence-electron chi connectivity index (χ2n) is 6.69. The predicted octanol–water partition coefficient (Wildman–Crippen LogP) is 5.72. The van der Waals surface area contributed by atoms with Gasteiger partial charge in [0.05, 0.1) is 11.2 Å². The van der Waals surface area contributed by atoms with Gasteiger partial charge in [-0.2, -0.15) is 0 Å².